The first kappa shape index (κ1) is 14.8. The molecule has 2 fully saturated rings. The van der Waals surface area contributed by atoms with Gasteiger partial charge in [0.25, 0.3) is 0 Å². The van der Waals surface area contributed by atoms with E-state index in [1.54, 1.807) is 12.1 Å². The van der Waals surface area contributed by atoms with Gasteiger partial charge in [-0.15, -0.1) is 0 Å². The summed E-state index contributed by atoms with van der Waals surface area (Å²) in [7, 11) is 0. The molecule has 4 rings (SSSR count). The summed E-state index contributed by atoms with van der Waals surface area (Å²) in [6.45, 7) is 0.905. The van der Waals surface area contributed by atoms with Crippen LogP contribution in [0.25, 0.3) is 0 Å². The summed E-state index contributed by atoms with van der Waals surface area (Å²) in [4.78, 5) is 6.20. The van der Waals surface area contributed by atoms with Crippen LogP contribution in [0.5, 0.6) is 0 Å². The summed E-state index contributed by atoms with van der Waals surface area (Å²) in [6, 6.07) is 14.4. The Kier molecular flexibility index (Phi) is 3.66. The molecule has 1 aromatic carbocycles. The van der Waals surface area contributed by atoms with E-state index < -0.39 is 11.5 Å². The molecule has 0 saturated carbocycles. The molecule has 2 bridgehead atoms. The summed E-state index contributed by atoms with van der Waals surface area (Å²) < 4.78 is 14.1. The fraction of sp³-hybridized carbons (Fsp3) is 0.421. The summed E-state index contributed by atoms with van der Waals surface area (Å²) in [5.74, 6) is -0.536. The molecule has 0 aliphatic carbocycles. The second-order valence-corrected chi connectivity index (χ2v) is 6.82. The van der Waals surface area contributed by atoms with Crippen LogP contribution in [0.4, 0.5) is 4.39 Å². The lowest BCUT2D eigenvalue weighted by Gasteiger charge is -2.44. The van der Waals surface area contributed by atoms with Crippen LogP contribution in [-0.2, 0) is 12.1 Å². The highest BCUT2D eigenvalue weighted by Crippen LogP contribution is 2.46. The fourth-order valence-corrected chi connectivity index (χ4v) is 4.32. The van der Waals surface area contributed by atoms with Crippen molar-refractivity contribution in [1.29, 1.82) is 0 Å². The van der Waals surface area contributed by atoms with E-state index in [1.165, 1.54) is 11.8 Å². The third-order valence-corrected chi connectivity index (χ3v) is 5.39. The van der Waals surface area contributed by atoms with E-state index in [9.17, 15) is 9.50 Å². The van der Waals surface area contributed by atoms with Crippen molar-refractivity contribution >= 4 is 0 Å². The van der Waals surface area contributed by atoms with Crippen LogP contribution < -0.4 is 0 Å². The molecule has 1 N–H and O–H groups in total. The quantitative estimate of drug-likeness (QED) is 0.884. The van der Waals surface area contributed by atoms with Gasteiger partial charge < -0.3 is 5.11 Å². The monoisotopic (exact) mass is 312 g/mol. The zero-order valence-electron chi connectivity index (χ0n) is 13.0. The zero-order valence-corrected chi connectivity index (χ0v) is 13.0. The standard InChI is InChI=1S/C19H21FN2O/c20-18-17(7-4-10-21-18)19(23)11-15-8-9-16(12-19)22(15)13-14-5-2-1-3-6-14/h1-7,10,15-16,23H,8-9,11-13H2. The molecule has 2 atom stereocenters. The van der Waals surface area contributed by atoms with Gasteiger partial charge in [0.1, 0.15) is 0 Å². The van der Waals surface area contributed by atoms with Crippen molar-refractivity contribution in [1.82, 2.24) is 9.88 Å². The van der Waals surface area contributed by atoms with Crippen molar-refractivity contribution in [2.75, 3.05) is 0 Å². The average molecular weight is 312 g/mol. The second kappa shape index (κ2) is 5.69. The van der Waals surface area contributed by atoms with Crippen molar-refractivity contribution in [2.24, 2.45) is 0 Å². The number of benzene rings is 1. The van der Waals surface area contributed by atoms with Gasteiger partial charge in [0, 0.05) is 30.4 Å². The molecule has 1 aromatic heterocycles. The Morgan fingerprint density at radius 1 is 1.09 bits per heavy atom. The number of piperidine rings is 1. The van der Waals surface area contributed by atoms with E-state index >= 15 is 0 Å². The minimum Gasteiger partial charge on any atom is -0.385 e. The number of nitrogens with zero attached hydrogens (tertiary/aromatic N) is 2. The van der Waals surface area contributed by atoms with Gasteiger partial charge in [-0.2, -0.15) is 4.39 Å². The molecule has 4 heteroatoms. The molecule has 2 saturated heterocycles. The zero-order chi connectivity index (χ0) is 15.9. The highest BCUT2D eigenvalue weighted by Gasteiger charge is 2.49. The largest absolute Gasteiger partial charge is 0.385 e. The highest BCUT2D eigenvalue weighted by molar-refractivity contribution is 5.24. The third-order valence-electron chi connectivity index (χ3n) is 5.39. The van der Waals surface area contributed by atoms with Crippen LogP contribution in [0.1, 0.15) is 36.8 Å². The molecular formula is C19H21FN2O. The number of hydrogen-bond acceptors (Lipinski definition) is 3. The maximum absolute atomic E-state index is 14.1. The molecule has 2 aliphatic rings. The molecule has 2 aromatic rings. The Balaban J connectivity index is 1.57. The molecule has 3 nitrogen and oxygen atoms in total. The smallest absolute Gasteiger partial charge is 0.218 e. The number of aromatic nitrogens is 1. The number of pyridine rings is 1. The Morgan fingerprint density at radius 2 is 1.78 bits per heavy atom. The maximum Gasteiger partial charge on any atom is 0.218 e. The summed E-state index contributed by atoms with van der Waals surface area (Å²) >= 11 is 0. The van der Waals surface area contributed by atoms with Gasteiger partial charge in [0.15, 0.2) is 0 Å². The molecule has 120 valence electrons. The fourth-order valence-electron chi connectivity index (χ4n) is 4.32. The maximum atomic E-state index is 14.1. The highest BCUT2D eigenvalue weighted by atomic mass is 19.1. The Morgan fingerprint density at radius 3 is 2.43 bits per heavy atom. The van der Waals surface area contributed by atoms with Crippen molar-refractivity contribution in [3.63, 3.8) is 0 Å². The molecule has 0 amide bonds. The van der Waals surface area contributed by atoms with Crippen LogP contribution >= 0.6 is 0 Å². The number of aliphatic hydroxyl groups is 1. The lowest BCUT2D eigenvalue weighted by atomic mass is 9.81. The molecule has 2 unspecified atom stereocenters. The summed E-state index contributed by atoms with van der Waals surface area (Å²) in [6.07, 6.45) is 4.74. The van der Waals surface area contributed by atoms with Crippen LogP contribution in [0.2, 0.25) is 0 Å². The van der Waals surface area contributed by atoms with Crippen LogP contribution in [0.15, 0.2) is 48.7 Å². The van der Waals surface area contributed by atoms with E-state index in [1.807, 2.05) is 6.07 Å². The van der Waals surface area contributed by atoms with E-state index in [2.05, 4.69) is 34.1 Å². The minimum absolute atomic E-state index is 0.304. The van der Waals surface area contributed by atoms with Crippen LogP contribution in [-0.4, -0.2) is 27.1 Å². The van der Waals surface area contributed by atoms with Gasteiger partial charge in [0.05, 0.1) is 5.60 Å². The molecule has 3 heterocycles. The predicted octanol–water partition coefficient (Wildman–Crippen LogP) is 3.24. The molecule has 0 spiro atoms. The molecule has 23 heavy (non-hydrogen) atoms. The summed E-state index contributed by atoms with van der Waals surface area (Å²) in [5.41, 5.74) is 0.566. The van der Waals surface area contributed by atoms with Crippen molar-refractivity contribution in [3.8, 4) is 0 Å². The Bertz CT molecular complexity index is 677. The predicted molar refractivity (Wildman–Crippen MR) is 86.1 cm³/mol. The lowest BCUT2D eigenvalue weighted by molar-refractivity contribution is -0.0619. The van der Waals surface area contributed by atoms with E-state index in [0.29, 0.717) is 30.5 Å². The number of halogens is 1. The normalized spacial score (nSPS) is 30.5. The first-order valence-corrected chi connectivity index (χ1v) is 8.29. The van der Waals surface area contributed by atoms with Crippen molar-refractivity contribution in [2.45, 2.75) is 49.9 Å². The lowest BCUT2D eigenvalue weighted by Crippen LogP contribution is -2.49. The van der Waals surface area contributed by atoms with Gasteiger partial charge in [-0.3, -0.25) is 4.90 Å². The van der Waals surface area contributed by atoms with Gasteiger partial charge in [0.2, 0.25) is 5.95 Å². The van der Waals surface area contributed by atoms with E-state index in [0.717, 1.165) is 19.4 Å². The Hall–Kier alpha value is -1.78. The summed E-state index contributed by atoms with van der Waals surface area (Å²) in [5, 5.41) is 11.1. The first-order chi connectivity index (χ1) is 11.2. The van der Waals surface area contributed by atoms with Crippen molar-refractivity contribution in [3.05, 3.63) is 65.7 Å². The SMILES string of the molecule is OC1(c2cccnc2F)CC2CCC(C1)N2Cc1ccccc1. The number of hydrogen-bond donors (Lipinski definition) is 1. The minimum atomic E-state index is -1.09. The molecular weight excluding hydrogens is 291 g/mol. The number of fused-ring (bicyclic) bond motifs is 2. The third kappa shape index (κ3) is 2.66. The molecule has 2 aliphatic heterocycles. The topological polar surface area (TPSA) is 36.4 Å². The molecule has 0 radical (unpaired) electrons. The number of rotatable bonds is 3. The van der Waals surface area contributed by atoms with Crippen molar-refractivity contribution < 1.29 is 9.50 Å². The van der Waals surface area contributed by atoms with Gasteiger partial charge in [-0.05, 0) is 37.3 Å². The van der Waals surface area contributed by atoms with Crippen LogP contribution in [0, 0.1) is 5.95 Å². The van der Waals surface area contributed by atoms with Gasteiger partial charge in [-0.1, -0.05) is 36.4 Å². The van der Waals surface area contributed by atoms with E-state index in [-0.39, 0.29) is 0 Å². The first-order valence-electron chi connectivity index (χ1n) is 8.29. The van der Waals surface area contributed by atoms with Gasteiger partial charge in [-0.25, -0.2) is 4.98 Å². The average Bonchev–Trinajstić information content (AvgIpc) is 2.80. The Labute approximate surface area is 135 Å². The second-order valence-electron chi connectivity index (χ2n) is 6.82. The van der Waals surface area contributed by atoms with Gasteiger partial charge >= 0.3 is 0 Å². The van der Waals surface area contributed by atoms with E-state index in [4.69, 9.17) is 0 Å². The van der Waals surface area contributed by atoms with Crippen LogP contribution in [0.3, 0.4) is 0 Å².